The van der Waals surface area contributed by atoms with Crippen LogP contribution >= 0.6 is 0 Å². The van der Waals surface area contributed by atoms with Gasteiger partial charge in [0.15, 0.2) is 0 Å². The molecule has 0 aromatic heterocycles. The average molecular weight is 714 g/mol. The number of nitrogens with zero attached hydrogens (tertiary/aromatic N) is 1. The van der Waals surface area contributed by atoms with Gasteiger partial charge in [0, 0.05) is 22.4 Å². The first-order valence-electron chi connectivity index (χ1n) is 19.6. The summed E-state index contributed by atoms with van der Waals surface area (Å²) < 4.78 is 0. The van der Waals surface area contributed by atoms with Crippen LogP contribution in [0, 0.1) is 0 Å². The fourth-order valence-electron chi connectivity index (χ4n) is 9.43. The third-order valence-electron chi connectivity index (χ3n) is 12.2. The van der Waals surface area contributed by atoms with Crippen molar-refractivity contribution in [3.8, 4) is 33.4 Å². The van der Waals surface area contributed by atoms with Gasteiger partial charge in [0.1, 0.15) is 0 Å². The Bertz CT molecular complexity index is 3160. The Kier molecular flexibility index (Phi) is 7.28. The van der Waals surface area contributed by atoms with Crippen LogP contribution in [-0.4, -0.2) is 0 Å². The molecule has 56 heavy (non-hydrogen) atoms. The Morgan fingerprint density at radius 1 is 0.339 bits per heavy atom. The maximum Gasteiger partial charge on any atom is 0.0540 e. The fourth-order valence-corrected chi connectivity index (χ4v) is 9.43. The predicted molar refractivity (Wildman–Crippen MR) is 240 cm³/mol. The number of rotatable bonds is 5. The van der Waals surface area contributed by atoms with Crippen LogP contribution in [-0.2, 0) is 5.41 Å². The van der Waals surface area contributed by atoms with E-state index < -0.39 is 0 Å². The van der Waals surface area contributed by atoms with E-state index in [1.807, 2.05) is 0 Å². The zero-order valence-corrected chi connectivity index (χ0v) is 31.5. The second-order valence-electron chi connectivity index (χ2n) is 15.7. The molecule has 0 saturated heterocycles. The summed E-state index contributed by atoms with van der Waals surface area (Å²) in [5.74, 6) is 0. The van der Waals surface area contributed by atoms with Crippen LogP contribution < -0.4 is 4.90 Å². The summed E-state index contributed by atoms with van der Waals surface area (Å²) in [5.41, 5.74) is 13.5. The third-order valence-corrected chi connectivity index (χ3v) is 12.2. The number of benzene rings is 10. The molecule has 0 amide bonds. The summed E-state index contributed by atoms with van der Waals surface area (Å²) in [6, 6.07) is 74.0. The monoisotopic (exact) mass is 713 g/mol. The number of anilines is 3. The molecule has 11 rings (SSSR count). The molecule has 0 fully saturated rings. The minimum Gasteiger partial charge on any atom is -0.310 e. The Morgan fingerprint density at radius 3 is 1.75 bits per heavy atom. The van der Waals surface area contributed by atoms with E-state index in [2.05, 4.69) is 219 Å². The summed E-state index contributed by atoms with van der Waals surface area (Å²) in [4.78, 5) is 2.46. The Hall–Kier alpha value is -6.96. The molecule has 0 heterocycles. The molecule has 0 radical (unpaired) electrons. The Balaban J connectivity index is 1.06. The summed E-state index contributed by atoms with van der Waals surface area (Å²) in [7, 11) is 0. The van der Waals surface area contributed by atoms with Crippen molar-refractivity contribution in [2.45, 2.75) is 19.3 Å². The van der Waals surface area contributed by atoms with Crippen LogP contribution in [0.4, 0.5) is 17.1 Å². The van der Waals surface area contributed by atoms with Crippen molar-refractivity contribution in [2.24, 2.45) is 0 Å². The summed E-state index contributed by atoms with van der Waals surface area (Å²) in [6.07, 6.45) is 0. The van der Waals surface area contributed by atoms with Gasteiger partial charge in [0.2, 0.25) is 0 Å². The lowest BCUT2D eigenvalue weighted by Crippen LogP contribution is -2.16. The molecule has 0 N–H and O–H groups in total. The van der Waals surface area contributed by atoms with E-state index in [-0.39, 0.29) is 5.41 Å². The van der Waals surface area contributed by atoms with Gasteiger partial charge in [0.25, 0.3) is 0 Å². The fraction of sp³-hybridized carbons (Fsp3) is 0.0545. The number of hydrogen-bond donors (Lipinski definition) is 0. The molecule has 10 aromatic rings. The van der Waals surface area contributed by atoms with Crippen LogP contribution in [0.3, 0.4) is 0 Å². The first-order valence-corrected chi connectivity index (χ1v) is 19.6. The molecule has 1 nitrogen and oxygen atoms in total. The van der Waals surface area contributed by atoms with Gasteiger partial charge in [-0.1, -0.05) is 178 Å². The van der Waals surface area contributed by atoms with Gasteiger partial charge >= 0.3 is 0 Å². The van der Waals surface area contributed by atoms with Crippen LogP contribution in [0.5, 0.6) is 0 Å². The molecule has 0 atom stereocenters. The molecule has 0 saturated carbocycles. The molecule has 1 aliphatic carbocycles. The van der Waals surface area contributed by atoms with Crippen molar-refractivity contribution in [2.75, 3.05) is 4.90 Å². The molecular weight excluding hydrogens is 675 g/mol. The van der Waals surface area contributed by atoms with E-state index in [4.69, 9.17) is 0 Å². The summed E-state index contributed by atoms with van der Waals surface area (Å²) in [6.45, 7) is 4.72. The highest BCUT2D eigenvalue weighted by atomic mass is 15.1. The van der Waals surface area contributed by atoms with Gasteiger partial charge in [-0.2, -0.15) is 0 Å². The molecule has 10 aromatic carbocycles. The molecule has 0 bridgehead atoms. The summed E-state index contributed by atoms with van der Waals surface area (Å²) >= 11 is 0. The van der Waals surface area contributed by atoms with Crippen molar-refractivity contribution in [3.63, 3.8) is 0 Å². The number of para-hydroxylation sites is 1. The van der Waals surface area contributed by atoms with Crippen LogP contribution in [0.2, 0.25) is 0 Å². The normalized spacial score (nSPS) is 13.0. The quantitative estimate of drug-likeness (QED) is 0.161. The summed E-state index contributed by atoms with van der Waals surface area (Å²) in [5, 5.41) is 10.2. The Labute approximate surface area is 327 Å². The van der Waals surface area contributed by atoms with E-state index in [0.29, 0.717) is 0 Å². The van der Waals surface area contributed by atoms with E-state index in [0.717, 1.165) is 17.1 Å². The molecule has 264 valence electrons. The first-order chi connectivity index (χ1) is 27.5. The number of fused-ring (bicyclic) bond motifs is 9. The first kappa shape index (κ1) is 32.5. The van der Waals surface area contributed by atoms with Crippen LogP contribution in [0.1, 0.15) is 25.0 Å². The van der Waals surface area contributed by atoms with Gasteiger partial charge in [-0.25, -0.2) is 0 Å². The average Bonchev–Trinajstić information content (AvgIpc) is 3.49. The molecule has 1 aliphatic rings. The molecule has 0 aliphatic heterocycles. The van der Waals surface area contributed by atoms with Crippen molar-refractivity contribution in [3.05, 3.63) is 211 Å². The van der Waals surface area contributed by atoms with Gasteiger partial charge in [-0.3, -0.25) is 0 Å². The highest BCUT2D eigenvalue weighted by Gasteiger charge is 2.36. The third kappa shape index (κ3) is 5.01. The lowest BCUT2D eigenvalue weighted by atomic mass is 9.82. The van der Waals surface area contributed by atoms with E-state index >= 15 is 0 Å². The smallest absolute Gasteiger partial charge is 0.0540 e. The predicted octanol–water partition coefficient (Wildman–Crippen LogP) is 15.4. The second-order valence-corrected chi connectivity index (χ2v) is 15.7. The lowest BCUT2D eigenvalue weighted by Gasteiger charge is -2.30. The minimum atomic E-state index is -0.111. The van der Waals surface area contributed by atoms with Crippen molar-refractivity contribution >= 4 is 60.2 Å². The maximum atomic E-state index is 2.46. The second kappa shape index (κ2) is 12.5. The molecular formula is C55H39N. The minimum absolute atomic E-state index is 0.111. The lowest BCUT2D eigenvalue weighted by molar-refractivity contribution is 0.660. The topological polar surface area (TPSA) is 3.24 Å². The van der Waals surface area contributed by atoms with E-state index in [9.17, 15) is 0 Å². The molecule has 0 unspecified atom stereocenters. The SMILES string of the molecule is CC1(C)c2ccccc2-c2ccc(N(c3ccc(-c4ccc5c(ccc6ccc7ccccc7c65)c4)cc3)c3ccccc3-c3cccc4ccccc34)cc21. The standard InChI is InChI=1S/C55H39N/c1-55(2)51-20-9-7-17-48(51)49-33-31-43(35-52(49)55)56(53-21-10-8-18-50(53)47-19-11-14-37-12-3-5-15-44(37)47)42-29-26-36(27-30-42)40-28-32-46-41(34-40)25-24-39-23-22-38-13-4-6-16-45(38)54(39)46/h3-35H,1-2H3. The van der Waals surface area contributed by atoms with Crippen molar-refractivity contribution in [1.29, 1.82) is 0 Å². The number of hydrogen-bond acceptors (Lipinski definition) is 1. The van der Waals surface area contributed by atoms with Gasteiger partial charge in [-0.15, -0.1) is 0 Å². The van der Waals surface area contributed by atoms with Gasteiger partial charge in [0.05, 0.1) is 5.69 Å². The van der Waals surface area contributed by atoms with Crippen molar-refractivity contribution < 1.29 is 0 Å². The Morgan fingerprint density at radius 2 is 0.911 bits per heavy atom. The highest BCUT2D eigenvalue weighted by Crippen LogP contribution is 2.51. The van der Waals surface area contributed by atoms with E-state index in [1.165, 1.54) is 87.6 Å². The largest absolute Gasteiger partial charge is 0.310 e. The zero-order chi connectivity index (χ0) is 37.4. The van der Waals surface area contributed by atoms with Crippen LogP contribution in [0.25, 0.3) is 76.5 Å². The van der Waals surface area contributed by atoms with Gasteiger partial charge in [-0.05, 0) is 118 Å². The zero-order valence-electron chi connectivity index (χ0n) is 31.5. The molecule has 0 spiro atoms. The highest BCUT2D eigenvalue weighted by molar-refractivity contribution is 6.20. The van der Waals surface area contributed by atoms with E-state index in [1.54, 1.807) is 0 Å². The maximum absolute atomic E-state index is 2.46. The molecule has 1 heteroatoms. The van der Waals surface area contributed by atoms with Crippen molar-refractivity contribution in [1.82, 2.24) is 0 Å². The van der Waals surface area contributed by atoms with Gasteiger partial charge < -0.3 is 4.90 Å². The van der Waals surface area contributed by atoms with Crippen LogP contribution in [0.15, 0.2) is 200 Å².